The minimum absolute atomic E-state index is 0.0140. The van der Waals surface area contributed by atoms with Gasteiger partial charge in [-0.05, 0) is 38.0 Å². The Morgan fingerprint density at radius 1 is 1.10 bits per heavy atom. The standard InChI is InChI=1S/C18H28O3/c1-6-8-13(19)18(14(20)9-7-2)12-10-11-17(5,15(18)21)16(12,3)4/h6-9,12-14,19-20H,10-11H2,1-5H3/b8-6+,9-7+. The molecule has 2 aliphatic carbocycles. The van der Waals surface area contributed by atoms with E-state index in [0.29, 0.717) is 0 Å². The molecule has 3 nitrogen and oxygen atoms in total. The van der Waals surface area contributed by atoms with Crippen LogP contribution in [0.5, 0.6) is 0 Å². The van der Waals surface area contributed by atoms with Crippen molar-refractivity contribution in [3.05, 3.63) is 24.3 Å². The molecule has 0 spiro atoms. The zero-order valence-corrected chi connectivity index (χ0v) is 13.8. The summed E-state index contributed by atoms with van der Waals surface area (Å²) in [4.78, 5) is 13.3. The lowest BCUT2D eigenvalue weighted by molar-refractivity contribution is -0.151. The van der Waals surface area contributed by atoms with Crippen molar-refractivity contribution in [2.45, 2.75) is 59.7 Å². The highest BCUT2D eigenvalue weighted by Crippen LogP contribution is 2.71. The van der Waals surface area contributed by atoms with Crippen LogP contribution in [0, 0.1) is 22.2 Å². The largest absolute Gasteiger partial charge is 0.388 e. The van der Waals surface area contributed by atoms with Crippen molar-refractivity contribution in [2.24, 2.45) is 22.2 Å². The third-order valence-corrected chi connectivity index (χ3v) is 6.43. The Bertz CT molecular complexity index is 471. The van der Waals surface area contributed by atoms with Gasteiger partial charge >= 0.3 is 0 Å². The maximum atomic E-state index is 13.3. The Morgan fingerprint density at radius 3 is 1.90 bits per heavy atom. The van der Waals surface area contributed by atoms with E-state index >= 15 is 0 Å². The first kappa shape index (κ1) is 16.4. The molecule has 0 aromatic rings. The molecule has 0 aromatic carbocycles. The van der Waals surface area contributed by atoms with Gasteiger partial charge in [0.25, 0.3) is 0 Å². The predicted octanol–water partition coefficient (Wildman–Crippen LogP) is 2.87. The maximum absolute atomic E-state index is 13.3. The van der Waals surface area contributed by atoms with Crippen LogP contribution in [0.3, 0.4) is 0 Å². The molecule has 2 N–H and O–H groups in total. The van der Waals surface area contributed by atoms with Crippen LogP contribution in [-0.4, -0.2) is 28.2 Å². The topological polar surface area (TPSA) is 57.5 Å². The highest BCUT2D eigenvalue weighted by molar-refractivity contribution is 5.96. The van der Waals surface area contributed by atoms with Crippen LogP contribution in [0.15, 0.2) is 24.3 Å². The number of carbonyl (C=O) groups excluding carboxylic acids is 1. The first-order valence-corrected chi connectivity index (χ1v) is 7.88. The number of carbonyl (C=O) groups is 1. The van der Waals surface area contributed by atoms with Gasteiger partial charge in [-0.15, -0.1) is 0 Å². The third-order valence-electron chi connectivity index (χ3n) is 6.43. The van der Waals surface area contributed by atoms with Crippen LogP contribution in [-0.2, 0) is 4.79 Å². The van der Waals surface area contributed by atoms with Gasteiger partial charge in [0.1, 0.15) is 0 Å². The average Bonchev–Trinajstić information content (AvgIpc) is 2.71. The summed E-state index contributed by atoms with van der Waals surface area (Å²) in [6, 6.07) is 0. The molecule has 2 aliphatic rings. The molecule has 21 heavy (non-hydrogen) atoms. The van der Waals surface area contributed by atoms with Gasteiger partial charge < -0.3 is 10.2 Å². The number of aliphatic hydroxyl groups is 2. The van der Waals surface area contributed by atoms with Crippen molar-refractivity contribution in [3.8, 4) is 0 Å². The minimum Gasteiger partial charge on any atom is -0.388 e. The molecule has 0 amide bonds. The van der Waals surface area contributed by atoms with Gasteiger partial charge in [0, 0.05) is 5.41 Å². The molecule has 0 radical (unpaired) electrons. The molecule has 118 valence electrons. The zero-order chi connectivity index (χ0) is 16.1. The number of allylic oxidation sites excluding steroid dienone is 2. The van der Waals surface area contributed by atoms with E-state index in [4.69, 9.17) is 0 Å². The fraction of sp³-hybridized carbons (Fsp3) is 0.722. The van der Waals surface area contributed by atoms with E-state index in [1.165, 1.54) is 0 Å². The lowest BCUT2D eigenvalue weighted by Gasteiger charge is -2.43. The van der Waals surface area contributed by atoms with E-state index in [0.717, 1.165) is 12.8 Å². The molecule has 4 atom stereocenters. The van der Waals surface area contributed by atoms with E-state index in [-0.39, 0.29) is 17.1 Å². The van der Waals surface area contributed by atoms with Gasteiger partial charge in [-0.1, -0.05) is 45.1 Å². The molecule has 0 heterocycles. The van der Waals surface area contributed by atoms with E-state index in [1.54, 1.807) is 24.3 Å². The summed E-state index contributed by atoms with van der Waals surface area (Å²) in [6.07, 6.45) is 6.61. The molecular weight excluding hydrogens is 264 g/mol. The normalized spacial score (nSPS) is 41.3. The smallest absolute Gasteiger partial charge is 0.151 e. The molecule has 2 saturated carbocycles. The molecule has 4 unspecified atom stereocenters. The van der Waals surface area contributed by atoms with Gasteiger partial charge in [0.2, 0.25) is 0 Å². The molecule has 0 aliphatic heterocycles. The molecule has 0 aromatic heterocycles. The summed E-state index contributed by atoms with van der Waals surface area (Å²) in [7, 11) is 0. The molecular formula is C18H28O3. The fourth-order valence-corrected chi connectivity index (χ4v) is 4.92. The van der Waals surface area contributed by atoms with Crippen molar-refractivity contribution in [2.75, 3.05) is 0 Å². The zero-order valence-electron chi connectivity index (χ0n) is 13.8. The third kappa shape index (κ3) is 1.77. The van der Waals surface area contributed by atoms with Crippen LogP contribution in [0.4, 0.5) is 0 Å². The highest BCUT2D eigenvalue weighted by atomic mass is 16.3. The van der Waals surface area contributed by atoms with Crippen molar-refractivity contribution < 1.29 is 15.0 Å². The summed E-state index contributed by atoms with van der Waals surface area (Å²) in [5.74, 6) is 0.00681. The number of hydrogen-bond donors (Lipinski definition) is 2. The summed E-state index contributed by atoms with van der Waals surface area (Å²) in [5, 5.41) is 21.5. The van der Waals surface area contributed by atoms with E-state index in [2.05, 4.69) is 13.8 Å². The number of ketones is 1. The Morgan fingerprint density at radius 2 is 1.57 bits per heavy atom. The summed E-state index contributed by atoms with van der Waals surface area (Å²) >= 11 is 0. The average molecular weight is 292 g/mol. The van der Waals surface area contributed by atoms with E-state index < -0.39 is 23.0 Å². The SMILES string of the molecule is C/C=C/C(O)C1(C(O)/C=C/C)C(=O)C2(C)CCC1C2(C)C. The van der Waals surface area contributed by atoms with Crippen LogP contribution in [0.25, 0.3) is 0 Å². The second kappa shape index (κ2) is 5.06. The number of aliphatic hydroxyl groups excluding tert-OH is 2. The Hall–Kier alpha value is -0.930. The van der Waals surface area contributed by atoms with Crippen LogP contribution in [0.1, 0.15) is 47.5 Å². The van der Waals surface area contributed by atoms with Crippen molar-refractivity contribution in [1.82, 2.24) is 0 Å². The monoisotopic (exact) mass is 292 g/mol. The number of hydrogen-bond acceptors (Lipinski definition) is 3. The fourth-order valence-electron chi connectivity index (χ4n) is 4.92. The van der Waals surface area contributed by atoms with E-state index in [1.807, 2.05) is 20.8 Å². The lowest BCUT2D eigenvalue weighted by Crippen LogP contribution is -2.55. The number of rotatable bonds is 4. The summed E-state index contributed by atoms with van der Waals surface area (Å²) < 4.78 is 0. The van der Waals surface area contributed by atoms with Crippen molar-refractivity contribution >= 4 is 5.78 Å². The summed E-state index contributed by atoms with van der Waals surface area (Å²) in [6.45, 7) is 9.86. The number of fused-ring (bicyclic) bond motifs is 2. The van der Waals surface area contributed by atoms with Crippen molar-refractivity contribution in [3.63, 3.8) is 0 Å². The molecule has 0 saturated heterocycles. The Labute approximate surface area is 127 Å². The predicted molar refractivity (Wildman–Crippen MR) is 83.7 cm³/mol. The Balaban J connectivity index is 2.65. The van der Waals surface area contributed by atoms with Gasteiger partial charge in [-0.25, -0.2) is 0 Å². The van der Waals surface area contributed by atoms with E-state index in [9.17, 15) is 15.0 Å². The first-order valence-electron chi connectivity index (χ1n) is 7.88. The Kier molecular flexibility index (Phi) is 3.96. The van der Waals surface area contributed by atoms with Gasteiger partial charge in [-0.2, -0.15) is 0 Å². The maximum Gasteiger partial charge on any atom is 0.151 e. The minimum atomic E-state index is -1.12. The second-order valence-electron chi connectivity index (χ2n) is 7.35. The van der Waals surface area contributed by atoms with Crippen LogP contribution in [0.2, 0.25) is 0 Å². The first-order chi connectivity index (χ1) is 9.71. The quantitative estimate of drug-likeness (QED) is 0.783. The second-order valence-corrected chi connectivity index (χ2v) is 7.35. The van der Waals surface area contributed by atoms with Gasteiger partial charge in [0.05, 0.1) is 17.6 Å². The lowest BCUT2D eigenvalue weighted by atomic mass is 9.62. The van der Waals surface area contributed by atoms with Crippen LogP contribution < -0.4 is 0 Å². The molecule has 2 fully saturated rings. The van der Waals surface area contributed by atoms with Crippen molar-refractivity contribution in [1.29, 1.82) is 0 Å². The summed E-state index contributed by atoms with van der Waals surface area (Å²) in [5.41, 5.74) is -1.80. The van der Waals surface area contributed by atoms with Gasteiger partial charge in [-0.3, -0.25) is 4.79 Å². The molecule has 2 rings (SSSR count). The molecule has 3 heteroatoms. The van der Waals surface area contributed by atoms with Gasteiger partial charge in [0.15, 0.2) is 5.78 Å². The molecule has 2 bridgehead atoms. The van der Waals surface area contributed by atoms with Crippen LogP contribution >= 0.6 is 0 Å². The highest BCUT2D eigenvalue weighted by Gasteiger charge is 2.76. The number of Topliss-reactive ketones (excluding diaryl/α,β-unsaturated/α-hetero) is 1.